The van der Waals surface area contributed by atoms with Gasteiger partial charge in [0, 0.05) is 17.7 Å². The maximum Gasteiger partial charge on any atom is 0.328 e. The first-order valence-electron chi connectivity index (χ1n) is 23.2. The normalized spacial score (nSPS) is 13.6. The number of unbranched alkanes of at least 4 members (excludes halogenated alkanes) is 1. The van der Waals surface area contributed by atoms with E-state index in [9.17, 15) is 19.2 Å². The molecule has 1 saturated carbocycles. The smallest absolute Gasteiger partial charge is 0.328 e. The summed E-state index contributed by atoms with van der Waals surface area (Å²) in [5, 5.41) is 12.5. The van der Waals surface area contributed by atoms with E-state index in [0.29, 0.717) is 50.5 Å². The van der Waals surface area contributed by atoms with Crippen molar-refractivity contribution in [2.24, 2.45) is 34.0 Å². The molecular weight excluding hydrogens is 835 g/mol. The monoisotopic (exact) mass is 899 g/mol. The number of hydrogen-bond donors (Lipinski definition) is 6. The molecule has 1 aliphatic rings. The van der Waals surface area contributed by atoms with Gasteiger partial charge in [-0.25, -0.2) is 4.79 Å². The van der Waals surface area contributed by atoms with E-state index >= 15 is 0 Å². The molecule has 0 unspecified atom stereocenters. The first-order chi connectivity index (χ1) is 32.0. The number of benzene rings is 5. The molecule has 6 rings (SSSR count). The molecule has 0 aromatic heterocycles. The number of esters is 1. The van der Waals surface area contributed by atoms with Crippen molar-refractivity contribution >= 4 is 51.2 Å². The largest absolute Gasteiger partial charge is 0.493 e. The predicted octanol–water partition coefficient (Wildman–Crippen LogP) is 6.64. The summed E-state index contributed by atoms with van der Waals surface area (Å²) in [7, 11) is 0. The van der Waals surface area contributed by atoms with Crippen molar-refractivity contribution in [3.05, 3.63) is 109 Å². The molecule has 14 nitrogen and oxygen atoms in total. The zero-order valence-corrected chi connectivity index (χ0v) is 38.1. The third-order valence-electron chi connectivity index (χ3n) is 11.6. The fourth-order valence-corrected chi connectivity index (χ4v) is 7.97. The van der Waals surface area contributed by atoms with Gasteiger partial charge in [0.05, 0.1) is 6.61 Å². The van der Waals surface area contributed by atoms with E-state index in [1.165, 1.54) is 12.8 Å². The summed E-state index contributed by atoms with van der Waals surface area (Å²) in [5.41, 5.74) is 19.4. The lowest BCUT2D eigenvalue weighted by Gasteiger charge is -2.26. The number of aliphatic imine (C=N–C) groups is 1. The average molecular weight is 900 g/mol. The Bertz CT molecular complexity index is 2440. The second-order valence-corrected chi connectivity index (χ2v) is 17.4. The van der Waals surface area contributed by atoms with Crippen LogP contribution in [0.5, 0.6) is 11.5 Å². The molecule has 1 aliphatic carbocycles. The molecule has 3 atom stereocenters. The Labute approximate surface area is 387 Å². The number of carbonyl (C=O) groups is 4. The van der Waals surface area contributed by atoms with Gasteiger partial charge in [0.1, 0.15) is 36.2 Å². The van der Waals surface area contributed by atoms with Crippen molar-refractivity contribution in [3.8, 4) is 22.6 Å². The van der Waals surface area contributed by atoms with Gasteiger partial charge in [-0.05, 0) is 103 Å². The molecule has 1 fully saturated rings. The number of hydrogen-bond acceptors (Lipinski definition) is 9. The number of nitrogens with one attached hydrogen (secondary N) is 3. The number of fused-ring (bicyclic) bond motifs is 2. The highest BCUT2D eigenvalue weighted by Crippen LogP contribution is 2.46. The van der Waals surface area contributed by atoms with E-state index in [0.717, 1.165) is 50.4 Å². The molecule has 3 amide bonds. The second kappa shape index (κ2) is 24.6. The minimum atomic E-state index is -1.10. The van der Waals surface area contributed by atoms with Crippen LogP contribution in [-0.2, 0) is 30.5 Å². The topological polar surface area (TPSA) is 222 Å². The molecule has 0 aliphatic heterocycles. The SMILES string of the molecule is CC(C)C[C@H](NC(=O)[C@@H](CCCN=C(N)N)NC(=O)[C@@H](CCCCN)NC(=O)COc1ccc2ccccc2c1-c1c(OCCC2CC2)ccc2ccccc12)C(=O)OCc1ccccc1. The molecule has 0 radical (unpaired) electrons. The van der Waals surface area contributed by atoms with E-state index in [4.69, 9.17) is 31.4 Å². The maximum absolute atomic E-state index is 14.2. The number of nitrogens with two attached hydrogens (primary N) is 3. The van der Waals surface area contributed by atoms with Gasteiger partial charge in [0.15, 0.2) is 12.6 Å². The highest BCUT2D eigenvalue weighted by Gasteiger charge is 2.31. The lowest BCUT2D eigenvalue weighted by molar-refractivity contribution is -0.150. The predicted molar refractivity (Wildman–Crippen MR) is 260 cm³/mol. The third-order valence-corrected chi connectivity index (χ3v) is 11.6. The Morgan fingerprint density at radius 3 is 1.86 bits per heavy atom. The van der Waals surface area contributed by atoms with Gasteiger partial charge in [-0.2, -0.15) is 0 Å². The van der Waals surface area contributed by atoms with Crippen LogP contribution in [0.3, 0.4) is 0 Å². The summed E-state index contributed by atoms with van der Waals surface area (Å²) in [4.78, 5) is 59.5. The van der Waals surface area contributed by atoms with Crippen molar-refractivity contribution in [3.63, 3.8) is 0 Å². The van der Waals surface area contributed by atoms with Crippen LogP contribution < -0.4 is 42.6 Å². The molecule has 0 spiro atoms. The van der Waals surface area contributed by atoms with Gasteiger partial charge in [0.25, 0.3) is 5.91 Å². The zero-order valence-electron chi connectivity index (χ0n) is 38.1. The lowest BCUT2D eigenvalue weighted by Crippen LogP contribution is -2.56. The van der Waals surface area contributed by atoms with Gasteiger partial charge in [-0.15, -0.1) is 0 Å². The van der Waals surface area contributed by atoms with Gasteiger partial charge in [0.2, 0.25) is 11.8 Å². The van der Waals surface area contributed by atoms with E-state index in [1.807, 2.05) is 98.8 Å². The van der Waals surface area contributed by atoms with Crippen LogP contribution in [0.2, 0.25) is 0 Å². The fraction of sp³-hybridized carbons (Fsp3) is 0.404. The minimum Gasteiger partial charge on any atom is -0.493 e. The lowest BCUT2D eigenvalue weighted by atomic mass is 9.92. The van der Waals surface area contributed by atoms with Gasteiger partial charge in [-0.3, -0.25) is 19.4 Å². The molecule has 350 valence electrons. The molecule has 0 heterocycles. The Morgan fingerprint density at radius 1 is 0.682 bits per heavy atom. The first kappa shape index (κ1) is 48.8. The van der Waals surface area contributed by atoms with Crippen molar-refractivity contribution < 1.29 is 33.4 Å². The van der Waals surface area contributed by atoms with Gasteiger partial charge >= 0.3 is 5.97 Å². The molecule has 0 bridgehead atoms. The zero-order chi connectivity index (χ0) is 46.8. The van der Waals surface area contributed by atoms with E-state index in [2.05, 4.69) is 39.1 Å². The summed E-state index contributed by atoms with van der Waals surface area (Å²) in [6.07, 6.45) is 5.61. The Hall–Kier alpha value is -6.67. The van der Waals surface area contributed by atoms with Crippen LogP contribution in [0.4, 0.5) is 0 Å². The average Bonchev–Trinajstić information content (AvgIpc) is 4.15. The Balaban J connectivity index is 1.20. The molecular formula is C52H65N7O7. The van der Waals surface area contributed by atoms with Crippen molar-refractivity contribution in [2.75, 3.05) is 26.3 Å². The van der Waals surface area contributed by atoms with E-state index in [-0.39, 0.29) is 37.9 Å². The number of rotatable bonds is 26. The van der Waals surface area contributed by atoms with Crippen molar-refractivity contribution in [2.45, 2.75) is 96.4 Å². The number of ether oxygens (including phenoxy) is 3. The summed E-state index contributed by atoms with van der Waals surface area (Å²) < 4.78 is 18.5. The second-order valence-electron chi connectivity index (χ2n) is 17.4. The summed E-state index contributed by atoms with van der Waals surface area (Å²) in [5.74, 6) is -0.452. The van der Waals surface area contributed by atoms with Gasteiger partial charge in [-0.1, -0.05) is 118 Å². The van der Waals surface area contributed by atoms with Crippen molar-refractivity contribution in [1.29, 1.82) is 0 Å². The molecule has 0 saturated heterocycles. The fourth-order valence-electron chi connectivity index (χ4n) is 7.97. The number of carbonyl (C=O) groups excluding carboxylic acids is 4. The maximum atomic E-state index is 14.2. The highest BCUT2D eigenvalue weighted by molar-refractivity contribution is 6.10. The molecule has 5 aromatic carbocycles. The van der Waals surface area contributed by atoms with Crippen LogP contribution in [0, 0.1) is 11.8 Å². The quantitative estimate of drug-likeness (QED) is 0.0150. The van der Waals surface area contributed by atoms with Gasteiger partial charge < -0.3 is 47.4 Å². The molecule has 9 N–H and O–H groups in total. The minimum absolute atomic E-state index is 0.0314. The molecule has 14 heteroatoms. The Morgan fingerprint density at radius 2 is 1.26 bits per heavy atom. The third kappa shape index (κ3) is 14.4. The standard InChI is InChI=1S/C52H65N7O7/c1-34(2)31-43(51(63)66-32-36-13-4-3-5-14-36)59-50(62)42(20-12-29-56-52(54)55)58-49(61)41(19-10-11-28-53)57-46(60)33-65-45-26-24-38-16-7-9-18-40(38)48(45)47-39-17-8-6-15-37(39)23-25-44(47)64-30-27-35-21-22-35/h3-9,13-18,23-26,34-35,41-43H,10-12,19-22,27-33,53H2,1-2H3,(H,57,60)(H,58,61)(H,59,62)(H4,54,55,56)/t41-,42-,43+/m1/s1. The number of nitrogens with zero attached hydrogens (tertiary/aromatic N) is 1. The Kier molecular flexibility index (Phi) is 18.2. The summed E-state index contributed by atoms with van der Waals surface area (Å²) in [6.45, 7) is 4.69. The summed E-state index contributed by atoms with van der Waals surface area (Å²) >= 11 is 0. The van der Waals surface area contributed by atoms with Crippen molar-refractivity contribution in [1.82, 2.24) is 16.0 Å². The van der Waals surface area contributed by atoms with E-state index < -0.39 is 48.4 Å². The van der Waals surface area contributed by atoms with E-state index in [1.54, 1.807) is 0 Å². The first-order valence-corrected chi connectivity index (χ1v) is 23.2. The molecule has 5 aromatic rings. The van der Waals surface area contributed by atoms with Crippen LogP contribution in [0.15, 0.2) is 108 Å². The summed E-state index contributed by atoms with van der Waals surface area (Å²) in [6, 6.07) is 30.2. The van der Waals surface area contributed by atoms with Crippen LogP contribution in [0.1, 0.15) is 77.2 Å². The molecule has 66 heavy (non-hydrogen) atoms. The van der Waals surface area contributed by atoms with Crippen LogP contribution in [0.25, 0.3) is 32.7 Å². The number of guanidine groups is 1. The number of amides is 3. The highest BCUT2D eigenvalue weighted by atomic mass is 16.5. The van der Waals surface area contributed by atoms with Crippen LogP contribution >= 0.6 is 0 Å². The van der Waals surface area contributed by atoms with Crippen LogP contribution in [-0.4, -0.2) is 74.1 Å².